The molecule has 3 rings (SSSR count). The lowest BCUT2D eigenvalue weighted by molar-refractivity contribution is -0.123. The number of hydrogen-bond acceptors (Lipinski definition) is 5. The summed E-state index contributed by atoms with van der Waals surface area (Å²) < 4.78 is 11.1. The van der Waals surface area contributed by atoms with Crippen molar-refractivity contribution in [2.24, 2.45) is 5.92 Å². The van der Waals surface area contributed by atoms with E-state index in [0.29, 0.717) is 29.8 Å². The summed E-state index contributed by atoms with van der Waals surface area (Å²) in [7, 11) is 0. The lowest BCUT2D eigenvalue weighted by atomic mass is 9.96. The summed E-state index contributed by atoms with van der Waals surface area (Å²) in [6, 6.07) is 12.6. The smallest absolute Gasteiger partial charge is 0.257 e. The van der Waals surface area contributed by atoms with E-state index in [1.165, 1.54) is 12.8 Å². The van der Waals surface area contributed by atoms with Gasteiger partial charge in [-0.2, -0.15) is 0 Å². The number of carbonyl (C=O) groups excluding carboxylic acids is 1. The number of ether oxygens (including phenoxy) is 2. The molecule has 1 amide bonds. The quantitative estimate of drug-likeness (QED) is 0.672. The highest BCUT2D eigenvalue weighted by atomic mass is 35.5. The lowest BCUT2D eigenvalue weighted by Gasteiger charge is -2.22. The monoisotopic (exact) mass is 427 g/mol. The molecule has 0 aliphatic carbocycles. The number of nitrogens with one attached hydrogen (secondary N) is 2. The van der Waals surface area contributed by atoms with Gasteiger partial charge in [-0.1, -0.05) is 6.07 Å². The minimum Gasteiger partial charge on any atom is -0.484 e. The van der Waals surface area contributed by atoms with Gasteiger partial charge in [0.05, 0.1) is 0 Å². The number of benzene rings is 1. The van der Waals surface area contributed by atoms with Crippen molar-refractivity contribution in [2.45, 2.75) is 19.3 Å². The predicted molar refractivity (Wildman–Crippen MR) is 114 cm³/mol. The van der Waals surface area contributed by atoms with Gasteiger partial charge in [0.15, 0.2) is 6.61 Å². The lowest BCUT2D eigenvalue weighted by Crippen LogP contribution is -2.34. The van der Waals surface area contributed by atoms with Crippen molar-refractivity contribution in [3.05, 3.63) is 48.7 Å². The molecule has 1 aromatic heterocycles. The Morgan fingerprint density at radius 1 is 1.14 bits per heavy atom. The Morgan fingerprint density at radius 2 is 1.93 bits per heavy atom. The fraction of sp³-hybridized carbons (Fsp3) is 0.400. The Morgan fingerprint density at radius 3 is 2.61 bits per heavy atom. The van der Waals surface area contributed by atoms with E-state index in [9.17, 15) is 4.79 Å². The SMILES string of the molecule is Cl.Cl.O=C(COc1ccc(Oc2ccccn2)cc1)NCCC1CCCNC1. The maximum atomic E-state index is 11.9. The molecule has 2 aromatic rings. The van der Waals surface area contributed by atoms with Gasteiger partial charge in [0, 0.05) is 18.8 Å². The van der Waals surface area contributed by atoms with E-state index in [1.807, 2.05) is 12.1 Å². The fourth-order valence-electron chi connectivity index (χ4n) is 2.92. The van der Waals surface area contributed by atoms with E-state index in [4.69, 9.17) is 9.47 Å². The molecule has 0 radical (unpaired) electrons. The zero-order valence-corrected chi connectivity index (χ0v) is 17.3. The highest BCUT2D eigenvalue weighted by molar-refractivity contribution is 5.85. The molecule has 1 fully saturated rings. The van der Waals surface area contributed by atoms with Crippen LogP contribution in [-0.4, -0.2) is 37.1 Å². The van der Waals surface area contributed by atoms with Gasteiger partial charge in [-0.25, -0.2) is 4.98 Å². The molecule has 8 heteroatoms. The second kappa shape index (κ2) is 13.2. The third-order valence-electron chi connectivity index (χ3n) is 4.33. The van der Waals surface area contributed by atoms with Gasteiger partial charge >= 0.3 is 0 Å². The Kier molecular flexibility index (Phi) is 11.3. The van der Waals surface area contributed by atoms with E-state index >= 15 is 0 Å². The number of rotatable bonds is 8. The first-order valence-electron chi connectivity index (χ1n) is 9.09. The van der Waals surface area contributed by atoms with Gasteiger partial charge in [0.2, 0.25) is 5.88 Å². The average Bonchev–Trinajstić information content (AvgIpc) is 2.69. The van der Waals surface area contributed by atoms with Crippen LogP contribution < -0.4 is 20.1 Å². The number of aromatic nitrogens is 1. The van der Waals surface area contributed by atoms with Crippen molar-refractivity contribution in [3.8, 4) is 17.4 Å². The molecule has 1 atom stereocenters. The topological polar surface area (TPSA) is 72.5 Å². The molecule has 0 saturated carbocycles. The van der Waals surface area contributed by atoms with Crippen LogP contribution >= 0.6 is 24.8 Å². The minimum absolute atomic E-state index is 0. The predicted octanol–water partition coefficient (Wildman–Crippen LogP) is 3.60. The third kappa shape index (κ3) is 8.33. The van der Waals surface area contributed by atoms with Crippen molar-refractivity contribution in [1.29, 1.82) is 0 Å². The fourth-order valence-corrected chi connectivity index (χ4v) is 2.92. The number of amides is 1. The molecule has 154 valence electrons. The highest BCUT2D eigenvalue weighted by Crippen LogP contribution is 2.22. The summed E-state index contributed by atoms with van der Waals surface area (Å²) in [6.45, 7) is 2.89. The molecule has 6 nitrogen and oxygen atoms in total. The summed E-state index contributed by atoms with van der Waals surface area (Å²) in [5, 5.41) is 6.31. The number of halogens is 2. The van der Waals surface area contributed by atoms with Gasteiger partial charge < -0.3 is 20.1 Å². The zero-order chi connectivity index (χ0) is 18.0. The van der Waals surface area contributed by atoms with E-state index in [2.05, 4.69) is 15.6 Å². The first kappa shape index (κ1) is 24.0. The van der Waals surface area contributed by atoms with Gasteiger partial charge in [-0.05, 0) is 68.6 Å². The molecule has 1 aromatic carbocycles. The largest absolute Gasteiger partial charge is 0.484 e. The summed E-state index contributed by atoms with van der Waals surface area (Å²) >= 11 is 0. The van der Waals surface area contributed by atoms with Crippen LogP contribution in [-0.2, 0) is 4.79 Å². The van der Waals surface area contributed by atoms with Crippen LogP contribution in [0.25, 0.3) is 0 Å². The highest BCUT2D eigenvalue weighted by Gasteiger charge is 2.13. The van der Waals surface area contributed by atoms with Crippen LogP contribution in [0.1, 0.15) is 19.3 Å². The molecule has 1 unspecified atom stereocenters. The Bertz CT molecular complexity index is 681. The van der Waals surface area contributed by atoms with Gasteiger partial charge in [-0.3, -0.25) is 4.79 Å². The number of pyridine rings is 1. The van der Waals surface area contributed by atoms with Crippen molar-refractivity contribution in [3.63, 3.8) is 0 Å². The van der Waals surface area contributed by atoms with Crippen molar-refractivity contribution >= 4 is 30.7 Å². The molecule has 28 heavy (non-hydrogen) atoms. The third-order valence-corrected chi connectivity index (χ3v) is 4.33. The summed E-state index contributed by atoms with van der Waals surface area (Å²) in [5.41, 5.74) is 0. The van der Waals surface area contributed by atoms with Crippen LogP contribution in [0.2, 0.25) is 0 Å². The zero-order valence-electron chi connectivity index (χ0n) is 15.6. The maximum Gasteiger partial charge on any atom is 0.257 e. The summed E-state index contributed by atoms with van der Waals surface area (Å²) in [5.74, 6) is 2.40. The molecular formula is C20H27Cl2N3O3. The van der Waals surface area contributed by atoms with Crippen molar-refractivity contribution in [2.75, 3.05) is 26.2 Å². The molecule has 0 spiro atoms. The number of hydrogen-bond donors (Lipinski definition) is 2. The number of carbonyl (C=O) groups is 1. The van der Waals surface area contributed by atoms with Crippen LogP contribution in [0, 0.1) is 5.92 Å². The van der Waals surface area contributed by atoms with Gasteiger partial charge in [-0.15, -0.1) is 24.8 Å². The van der Waals surface area contributed by atoms with Gasteiger partial charge in [0.25, 0.3) is 5.91 Å². The second-order valence-corrected chi connectivity index (χ2v) is 6.38. The van der Waals surface area contributed by atoms with Crippen molar-refractivity contribution in [1.82, 2.24) is 15.6 Å². The molecule has 2 N–H and O–H groups in total. The standard InChI is InChI=1S/C20H25N3O3.2ClH/c24-19(22-13-10-16-4-3-11-21-14-16)15-25-17-6-8-18(9-7-17)26-20-5-1-2-12-23-20;;/h1-2,5-9,12,16,21H,3-4,10-11,13-15H2,(H,22,24);2*1H. The number of nitrogens with zero attached hydrogens (tertiary/aromatic N) is 1. The second-order valence-electron chi connectivity index (χ2n) is 6.38. The van der Waals surface area contributed by atoms with Gasteiger partial charge in [0.1, 0.15) is 11.5 Å². The first-order chi connectivity index (χ1) is 12.8. The van der Waals surface area contributed by atoms with Crippen LogP contribution in [0.5, 0.6) is 17.4 Å². The molecule has 0 bridgehead atoms. The van der Waals surface area contributed by atoms with Crippen LogP contribution in [0.15, 0.2) is 48.7 Å². The van der Waals surface area contributed by atoms with Crippen LogP contribution in [0.4, 0.5) is 0 Å². The molecule has 2 heterocycles. The Labute approximate surface area is 178 Å². The Balaban J connectivity index is 0.00000196. The summed E-state index contributed by atoms with van der Waals surface area (Å²) in [4.78, 5) is 16.0. The molecule has 1 saturated heterocycles. The molecule has 1 aliphatic rings. The molecule has 1 aliphatic heterocycles. The number of piperidine rings is 1. The van der Waals surface area contributed by atoms with Crippen LogP contribution in [0.3, 0.4) is 0 Å². The normalized spacial score (nSPS) is 15.5. The van der Waals surface area contributed by atoms with E-state index in [-0.39, 0.29) is 37.3 Å². The summed E-state index contributed by atoms with van der Waals surface area (Å²) in [6.07, 6.45) is 5.16. The average molecular weight is 428 g/mol. The maximum absolute atomic E-state index is 11.9. The van der Waals surface area contributed by atoms with E-state index in [1.54, 1.807) is 36.5 Å². The minimum atomic E-state index is -0.0948. The molecular weight excluding hydrogens is 401 g/mol. The van der Waals surface area contributed by atoms with E-state index in [0.717, 1.165) is 19.5 Å². The van der Waals surface area contributed by atoms with E-state index < -0.39 is 0 Å². The first-order valence-corrected chi connectivity index (χ1v) is 9.09. The Hall–Kier alpha value is -2.02. The van der Waals surface area contributed by atoms with Crippen molar-refractivity contribution < 1.29 is 14.3 Å².